The molecule has 6 nitrogen and oxygen atoms in total. The molecule has 7 heteroatoms. The molecule has 1 aromatic heterocycles. The molecule has 3 N–H and O–H groups in total. The Bertz CT molecular complexity index is 725. The van der Waals surface area contributed by atoms with Crippen molar-refractivity contribution in [3.8, 4) is 0 Å². The fourth-order valence-electron chi connectivity index (χ4n) is 3.03. The van der Waals surface area contributed by atoms with E-state index < -0.39 is 0 Å². The number of fused-ring (bicyclic) bond motifs is 1. The van der Waals surface area contributed by atoms with Crippen LogP contribution in [0.4, 0.5) is 10.1 Å². The Hall–Kier alpha value is -2.41. The van der Waals surface area contributed by atoms with Crippen LogP contribution in [0.3, 0.4) is 0 Å². The Labute approximate surface area is 140 Å². The Morgan fingerprint density at radius 2 is 2.12 bits per heavy atom. The molecule has 2 aromatic rings. The van der Waals surface area contributed by atoms with Gasteiger partial charge in [-0.15, -0.1) is 0 Å². The van der Waals surface area contributed by atoms with Crippen LogP contribution in [0.2, 0.25) is 0 Å². The number of benzene rings is 1. The number of halogens is 1. The number of rotatable bonds is 5. The number of carbonyl (C=O) groups is 1. The number of hydrogen-bond donors (Lipinski definition) is 2. The number of hydrogen-bond acceptors (Lipinski definition) is 4. The lowest BCUT2D eigenvalue weighted by atomic mass is 10.0. The van der Waals surface area contributed by atoms with Crippen LogP contribution in [-0.4, -0.2) is 35.3 Å². The lowest BCUT2D eigenvalue weighted by Gasteiger charge is -2.29. The van der Waals surface area contributed by atoms with Gasteiger partial charge in [-0.3, -0.25) is 9.48 Å². The zero-order valence-corrected chi connectivity index (χ0v) is 13.8. The Kier molecular flexibility index (Phi) is 4.80. The zero-order chi connectivity index (χ0) is 17.1. The topological polar surface area (TPSA) is 76.2 Å². The van der Waals surface area contributed by atoms with Gasteiger partial charge in [0.15, 0.2) is 5.69 Å². The third-order valence-corrected chi connectivity index (χ3v) is 4.32. The third-order valence-electron chi connectivity index (χ3n) is 4.32. The van der Waals surface area contributed by atoms with E-state index in [-0.39, 0.29) is 11.7 Å². The van der Waals surface area contributed by atoms with Crippen molar-refractivity contribution < 1.29 is 9.18 Å². The number of nitrogens with one attached hydrogen (secondary N) is 1. The largest absolute Gasteiger partial charge is 0.367 e. The summed E-state index contributed by atoms with van der Waals surface area (Å²) in [4.78, 5) is 14.5. The van der Waals surface area contributed by atoms with Gasteiger partial charge in [-0.1, -0.05) is 0 Å². The lowest BCUT2D eigenvalue weighted by Crippen LogP contribution is -2.33. The number of aromatic nitrogens is 2. The van der Waals surface area contributed by atoms with Crippen molar-refractivity contribution in [1.82, 2.24) is 15.1 Å². The van der Waals surface area contributed by atoms with Crippen molar-refractivity contribution in [1.29, 1.82) is 0 Å². The second-order valence-electron chi connectivity index (χ2n) is 5.94. The number of aryl methyl sites for hydroxylation is 1. The molecule has 0 radical (unpaired) electrons. The fraction of sp³-hybridized carbons (Fsp3) is 0.412. The van der Waals surface area contributed by atoms with Gasteiger partial charge in [0, 0.05) is 50.0 Å². The summed E-state index contributed by atoms with van der Waals surface area (Å²) in [6.07, 6.45) is 1.54. The summed E-state index contributed by atoms with van der Waals surface area (Å²) >= 11 is 0. The summed E-state index contributed by atoms with van der Waals surface area (Å²) in [5.74, 6) is -0.418. The molecule has 0 saturated heterocycles. The maximum atomic E-state index is 13.1. The fourth-order valence-corrected chi connectivity index (χ4v) is 3.03. The average Bonchev–Trinajstić information content (AvgIpc) is 2.92. The van der Waals surface area contributed by atoms with Gasteiger partial charge in [0.1, 0.15) is 5.82 Å². The van der Waals surface area contributed by atoms with Crippen LogP contribution in [-0.2, 0) is 20.0 Å². The molecule has 0 unspecified atom stereocenters. The highest BCUT2D eigenvalue weighted by Gasteiger charge is 2.27. The molecule has 0 atom stereocenters. The summed E-state index contributed by atoms with van der Waals surface area (Å²) in [6, 6.07) is 6.43. The van der Waals surface area contributed by atoms with Crippen LogP contribution in [0.25, 0.3) is 0 Å². The van der Waals surface area contributed by atoms with Crippen molar-refractivity contribution in [3.63, 3.8) is 0 Å². The Morgan fingerprint density at radius 1 is 1.38 bits per heavy atom. The van der Waals surface area contributed by atoms with E-state index in [1.54, 1.807) is 16.8 Å². The first-order valence-corrected chi connectivity index (χ1v) is 8.13. The second-order valence-corrected chi connectivity index (χ2v) is 5.94. The molecule has 0 bridgehead atoms. The summed E-state index contributed by atoms with van der Waals surface area (Å²) in [5, 5.41) is 7.26. The molecule has 1 aliphatic heterocycles. The first-order chi connectivity index (χ1) is 11.6. The third kappa shape index (κ3) is 3.26. The van der Waals surface area contributed by atoms with Crippen molar-refractivity contribution in [2.24, 2.45) is 12.8 Å². The van der Waals surface area contributed by atoms with Crippen LogP contribution in [0.15, 0.2) is 24.3 Å². The quantitative estimate of drug-likeness (QED) is 0.807. The Morgan fingerprint density at radius 3 is 2.83 bits per heavy atom. The van der Waals surface area contributed by atoms with E-state index in [2.05, 4.69) is 15.3 Å². The average molecular weight is 331 g/mol. The SMILES string of the molecule is Cn1nc(C(=O)NCCCN)c2c1CCN(c1ccc(F)cc1)C2. The van der Waals surface area contributed by atoms with E-state index in [0.717, 1.165) is 36.3 Å². The van der Waals surface area contributed by atoms with Gasteiger partial charge in [-0.05, 0) is 37.2 Å². The van der Waals surface area contributed by atoms with Crippen molar-refractivity contribution in [2.45, 2.75) is 19.4 Å². The number of amides is 1. The summed E-state index contributed by atoms with van der Waals surface area (Å²) in [5.41, 5.74) is 8.89. The highest BCUT2D eigenvalue weighted by Crippen LogP contribution is 2.26. The molecule has 0 fully saturated rings. The minimum Gasteiger partial charge on any atom is -0.367 e. The summed E-state index contributed by atoms with van der Waals surface area (Å²) < 4.78 is 14.9. The molecular formula is C17H22FN5O. The van der Waals surface area contributed by atoms with E-state index in [9.17, 15) is 9.18 Å². The molecule has 128 valence electrons. The van der Waals surface area contributed by atoms with Gasteiger partial charge in [-0.25, -0.2) is 4.39 Å². The van der Waals surface area contributed by atoms with Crippen LogP contribution >= 0.6 is 0 Å². The number of nitrogens with zero attached hydrogens (tertiary/aromatic N) is 3. The predicted octanol–water partition coefficient (Wildman–Crippen LogP) is 1.20. The smallest absolute Gasteiger partial charge is 0.272 e. The molecule has 2 heterocycles. The van der Waals surface area contributed by atoms with E-state index in [1.807, 2.05) is 7.05 Å². The molecule has 0 saturated carbocycles. The van der Waals surface area contributed by atoms with Crippen molar-refractivity contribution in [3.05, 3.63) is 47.0 Å². The van der Waals surface area contributed by atoms with Gasteiger partial charge < -0.3 is 16.0 Å². The van der Waals surface area contributed by atoms with Crippen molar-refractivity contribution in [2.75, 3.05) is 24.5 Å². The normalized spacial score (nSPS) is 13.7. The van der Waals surface area contributed by atoms with Gasteiger partial charge in [0.25, 0.3) is 5.91 Å². The van der Waals surface area contributed by atoms with Crippen LogP contribution in [0.1, 0.15) is 28.2 Å². The Balaban J connectivity index is 1.81. The number of nitrogens with two attached hydrogens (primary N) is 1. The molecule has 0 spiro atoms. The minimum atomic E-state index is -0.252. The van der Waals surface area contributed by atoms with E-state index in [1.165, 1.54) is 12.1 Å². The molecule has 1 aliphatic rings. The van der Waals surface area contributed by atoms with Crippen LogP contribution in [0, 0.1) is 5.82 Å². The molecule has 0 aliphatic carbocycles. The molecule has 24 heavy (non-hydrogen) atoms. The van der Waals surface area contributed by atoms with Gasteiger partial charge in [0.2, 0.25) is 0 Å². The highest BCUT2D eigenvalue weighted by molar-refractivity contribution is 5.94. The molecule has 1 amide bonds. The predicted molar refractivity (Wildman–Crippen MR) is 90.4 cm³/mol. The van der Waals surface area contributed by atoms with E-state index in [0.29, 0.717) is 25.3 Å². The second kappa shape index (κ2) is 7.00. The minimum absolute atomic E-state index is 0.166. The number of carbonyl (C=O) groups excluding carboxylic acids is 1. The highest BCUT2D eigenvalue weighted by atomic mass is 19.1. The molecule has 1 aromatic carbocycles. The van der Waals surface area contributed by atoms with Crippen LogP contribution in [0.5, 0.6) is 0 Å². The maximum absolute atomic E-state index is 13.1. The lowest BCUT2D eigenvalue weighted by molar-refractivity contribution is 0.0947. The van der Waals surface area contributed by atoms with Crippen LogP contribution < -0.4 is 16.0 Å². The monoisotopic (exact) mass is 331 g/mol. The first kappa shape index (κ1) is 16.4. The number of anilines is 1. The first-order valence-electron chi connectivity index (χ1n) is 8.13. The maximum Gasteiger partial charge on any atom is 0.272 e. The standard InChI is InChI=1S/C17H22FN5O/c1-22-15-7-10-23(13-5-3-12(18)4-6-13)11-14(15)16(21-22)17(24)20-9-2-8-19/h3-6H,2,7-11,19H2,1H3,(H,20,24). The van der Waals surface area contributed by atoms with Gasteiger partial charge in [0.05, 0.1) is 0 Å². The van der Waals surface area contributed by atoms with E-state index >= 15 is 0 Å². The zero-order valence-electron chi connectivity index (χ0n) is 13.8. The molecular weight excluding hydrogens is 309 g/mol. The van der Waals surface area contributed by atoms with Gasteiger partial charge in [-0.2, -0.15) is 5.10 Å². The van der Waals surface area contributed by atoms with Gasteiger partial charge >= 0.3 is 0 Å². The summed E-state index contributed by atoms with van der Waals surface area (Å²) in [6.45, 7) is 2.49. The molecule has 3 rings (SSSR count). The van der Waals surface area contributed by atoms with Crippen molar-refractivity contribution >= 4 is 11.6 Å². The van der Waals surface area contributed by atoms with E-state index in [4.69, 9.17) is 5.73 Å². The summed E-state index contributed by atoms with van der Waals surface area (Å²) in [7, 11) is 1.86.